The Morgan fingerprint density at radius 2 is 0.909 bits per heavy atom. The minimum atomic E-state index is 0.335. The number of rotatable bonds is 5. The normalized spacial score (nSPS) is 12.3. The van der Waals surface area contributed by atoms with Crippen molar-refractivity contribution in [2.75, 3.05) is 0 Å². The van der Waals surface area contributed by atoms with Crippen LogP contribution in [0.5, 0.6) is 0 Å². The Labute approximate surface area is 133 Å². The third-order valence-corrected chi connectivity index (χ3v) is 4.26. The molecule has 0 fully saturated rings. The van der Waals surface area contributed by atoms with Crippen LogP contribution in [0.2, 0.25) is 0 Å². The van der Waals surface area contributed by atoms with Gasteiger partial charge in [0.1, 0.15) is 0 Å². The van der Waals surface area contributed by atoms with Gasteiger partial charge >= 0.3 is 0 Å². The van der Waals surface area contributed by atoms with Crippen LogP contribution in [0.25, 0.3) is 0 Å². The lowest BCUT2D eigenvalue weighted by Gasteiger charge is -2.28. The molecule has 0 N–H and O–H groups in total. The van der Waals surface area contributed by atoms with Crippen LogP contribution in [0.4, 0.5) is 0 Å². The second-order valence-corrected chi connectivity index (χ2v) is 5.60. The van der Waals surface area contributed by atoms with Gasteiger partial charge in [-0.2, -0.15) is 0 Å². The van der Waals surface area contributed by atoms with E-state index in [1.54, 1.807) is 0 Å². The quantitative estimate of drug-likeness (QED) is 0.553. The van der Waals surface area contributed by atoms with Gasteiger partial charge in [-0.3, -0.25) is 0 Å². The predicted molar refractivity (Wildman–Crippen MR) is 93.9 cm³/mol. The van der Waals surface area contributed by atoms with Gasteiger partial charge in [-0.1, -0.05) is 97.9 Å². The average molecular weight is 285 g/mol. The molecular weight excluding hydrogens is 264 g/mol. The molecule has 0 amide bonds. The minimum Gasteiger partial charge on any atom is -0.0622 e. The number of benzene rings is 3. The summed E-state index contributed by atoms with van der Waals surface area (Å²) in [5, 5.41) is 0. The molecule has 0 spiro atoms. The molecule has 0 saturated heterocycles. The first-order valence-corrected chi connectivity index (χ1v) is 7.84. The van der Waals surface area contributed by atoms with Crippen molar-refractivity contribution >= 4 is 0 Å². The zero-order valence-electron chi connectivity index (χ0n) is 12.7. The van der Waals surface area contributed by atoms with Crippen LogP contribution >= 0.6 is 0 Å². The fourth-order valence-corrected chi connectivity index (χ4v) is 3.20. The largest absolute Gasteiger partial charge is 0.0622 e. The van der Waals surface area contributed by atoms with Crippen LogP contribution in [0.15, 0.2) is 91.0 Å². The summed E-state index contributed by atoms with van der Waals surface area (Å²) in [5.41, 5.74) is 4.06. The molecular formula is C22H21. The van der Waals surface area contributed by atoms with Gasteiger partial charge in [0.15, 0.2) is 0 Å². The molecule has 22 heavy (non-hydrogen) atoms. The Bertz CT molecular complexity index is 632. The molecule has 1 unspecified atom stereocenters. The van der Waals surface area contributed by atoms with E-state index in [9.17, 15) is 0 Å². The van der Waals surface area contributed by atoms with Gasteiger partial charge in [0.05, 0.1) is 0 Å². The lowest BCUT2D eigenvalue weighted by Crippen LogP contribution is -2.12. The lowest BCUT2D eigenvalue weighted by molar-refractivity contribution is 0.610. The first-order valence-electron chi connectivity index (χ1n) is 7.84. The lowest BCUT2D eigenvalue weighted by atomic mass is 9.76. The molecule has 3 aromatic carbocycles. The third-order valence-electron chi connectivity index (χ3n) is 4.26. The highest BCUT2D eigenvalue weighted by atomic mass is 14.3. The summed E-state index contributed by atoms with van der Waals surface area (Å²) in [7, 11) is 0. The van der Waals surface area contributed by atoms with E-state index < -0.39 is 0 Å². The van der Waals surface area contributed by atoms with Gasteiger partial charge in [-0.25, -0.2) is 0 Å². The fraction of sp³-hybridized carbons (Fsp3) is 0.136. The summed E-state index contributed by atoms with van der Waals surface area (Å²) in [5.74, 6) is 0.716. The van der Waals surface area contributed by atoms with Crippen LogP contribution < -0.4 is 0 Å². The van der Waals surface area contributed by atoms with Crippen molar-refractivity contribution in [3.63, 3.8) is 0 Å². The summed E-state index contributed by atoms with van der Waals surface area (Å²) in [6.07, 6.45) is 0.873. The molecule has 109 valence electrons. The molecule has 0 saturated carbocycles. The van der Waals surface area contributed by atoms with E-state index in [0.29, 0.717) is 11.8 Å². The highest BCUT2D eigenvalue weighted by Gasteiger charge is 2.24. The van der Waals surface area contributed by atoms with Crippen molar-refractivity contribution in [1.29, 1.82) is 0 Å². The summed E-state index contributed by atoms with van der Waals surface area (Å²) in [4.78, 5) is 0. The van der Waals surface area contributed by atoms with Crippen molar-refractivity contribution in [1.82, 2.24) is 0 Å². The summed E-state index contributed by atoms with van der Waals surface area (Å²) < 4.78 is 0. The first-order chi connectivity index (χ1) is 10.9. The topological polar surface area (TPSA) is 0 Å². The van der Waals surface area contributed by atoms with Crippen molar-refractivity contribution in [2.24, 2.45) is 0 Å². The summed E-state index contributed by atoms with van der Waals surface area (Å²) >= 11 is 0. The second-order valence-electron chi connectivity index (χ2n) is 5.60. The number of hydrogen-bond acceptors (Lipinski definition) is 0. The van der Waals surface area contributed by atoms with Gasteiger partial charge in [0.25, 0.3) is 0 Å². The molecule has 0 heteroatoms. The van der Waals surface area contributed by atoms with Crippen molar-refractivity contribution in [3.05, 3.63) is 115 Å². The van der Waals surface area contributed by atoms with Gasteiger partial charge in [-0.15, -0.1) is 0 Å². The van der Waals surface area contributed by atoms with E-state index in [4.69, 9.17) is 0 Å². The van der Waals surface area contributed by atoms with Crippen molar-refractivity contribution in [3.8, 4) is 0 Å². The average Bonchev–Trinajstić information content (AvgIpc) is 2.62. The van der Waals surface area contributed by atoms with Crippen LogP contribution in [0, 0.1) is 6.92 Å². The van der Waals surface area contributed by atoms with Crippen LogP contribution in [-0.4, -0.2) is 0 Å². The molecule has 0 aromatic heterocycles. The molecule has 3 rings (SSSR count). The van der Waals surface area contributed by atoms with Gasteiger partial charge in [0.2, 0.25) is 0 Å². The van der Waals surface area contributed by atoms with E-state index in [2.05, 4.69) is 97.9 Å². The van der Waals surface area contributed by atoms with E-state index in [0.717, 1.165) is 6.42 Å². The highest BCUT2D eigenvalue weighted by Crippen LogP contribution is 2.40. The van der Waals surface area contributed by atoms with E-state index in [-0.39, 0.29) is 0 Å². The predicted octanol–water partition coefficient (Wildman–Crippen LogP) is 5.83. The Morgan fingerprint density at radius 1 is 0.545 bits per heavy atom. The second kappa shape index (κ2) is 7.09. The van der Waals surface area contributed by atoms with Crippen molar-refractivity contribution in [2.45, 2.75) is 18.3 Å². The SMILES string of the molecule is [CH2]CC(c1ccccc1)C(c1ccccc1)c1ccccc1. The number of hydrogen-bond donors (Lipinski definition) is 0. The van der Waals surface area contributed by atoms with E-state index >= 15 is 0 Å². The molecule has 1 atom stereocenters. The third kappa shape index (κ3) is 3.12. The molecule has 0 aliphatic carbocycles. The van der Waals surface area contributed by atoms with Gasteiger partial charge in [-0.05, 0) is 29.0 Å². The van der Waals surface area contributed by atoms with E-state index in [1.807, 2.05) is 0 Å². The molecule has 0 heterocycles. The van der Waals surface area contributed by atoms with Crippen LogP contribution in [0.1, 0.15) is 34.9 Å². The maximum atomic E-state index is 4.23. The highest BCUT2D eigenvalue weighted by molar-refractivity contribution is 5.38. The molecule has 0 aliphatic rings. The first kappa shape index (κ1) is 14.6. The Balaban J connectivity index is 2.09. The Morgan fingerprint density at radius 3 is 1.27 bits per heavy atom. The Kier molecular flexibility index (Phi) is 4.70. The van der Waals surface area contributed by atoms with Gasteiger partial charge < -0.3 is 0 Å². The van der Waals surface area contributed by atoms with Crippen molar-refractivity contribution < 1.29 is 0 Å². The van der Waals surface area contributed by atoms with Gasteiger partial charge in [0, 0.05) is 5.92 Å². The van der Waals surface area contributed by atoms with Crippen LogP contribution in [-0.2, 0) is 0 Å². The maximum absolute atomic E-state index is 4.23. The summed E-state index contributed by atoms with van der Waals surface area (Å²) in [6.45, 7) is 4.23. The zero-order valence-corrected chi connectivity index (χ0v) is 12.7. The van der Waals surface area contributed by atoms with E-state index in [1.165, 1.54) is 16.7 Å². The smallest absolute Gasteiger partial charge is 0.0158 e. The monoisotopic (exact) mass is 285 g/mol. The molecule has 1 radical (unpaired) electrons. The standard InChI is InChI=1S/C22H21/c1-2-21(18-12-6-3-7-13-18)22(19-14-8-4-9-15-19)20-16-10-5-11-17-20/h3-17,21-22H,1-2H2. The fourth-order valence-electron chi connectivity index (χ4n) is 3.20. The Hall–Kier alpha value is -2.34. The molecule has 3 aromatic rings. The zero-order chi connectivity index (χ0) is 15.2. The molecule has 0 nitrogen and oxygen atoms in total. The molecule has 0 bridgehead atoms. The molecule has 0 aliphatic heterocycles. The summed E-state index contributed by atoms with van der Waals surface area (Å²) in [6, 6.07) is 32.3. The maximum Gasteiger partial charge on any atom is 0.0158 e. The van der Waals surface area contributed by atoms with Crippen LogP contribution in [0.3, 0.4) is 0 Å². The minimum absolute atomic E-state index is 0.335.